The van der Waals surface area contributed by atoms with Crippen LogP contribution in [-0.4, -0.2) is 51.1 Å². The van der Waals surface area contributed by atoms with Crippen LogP contribution in [0.5, 0.6) is 5.88 Å². The normalized spacial score (nSPS) is 26.2. The van der Waals surface area contributed by atoms with E-state index in [-0.39, 0.29) is 11.0 Å². The van der Waals surface area contributed by atoms with Crippen molar-refractivity contribution in [3.8, 4) is 5.88 Å². The van der Waals surface area contributed by atoms with Gasteiger partial charge in [0.15, 0.2) is 9.84 Å². The first-order chi connectivity index (χ1) is 11.5. The third-order valence-corrected chi connectivity index (χ3v) is 5.81. The predicted molar refractivity (Wildman–Crippen MR) is 91.0 cm³/mol. The molecule has 0 radical (unpaired) electrons. The Labute approximate surface area is 143 Å². The summed E-state index contributed by atoms with van der Waals surface area (Å²) in [6.45, 7) is 2.11. The Hall–Kier alpha value is -1.18. The first-order valence-electron chi connectivity index (χ1n) is 8.69. The van der Waals surface area contributed by atoms with Crippen LogP contribution in [0.4, 0.5) is 0 Å². The summed E-state index contributed by atoms with van der Waals surface area (Å²) in [5, 5.41) is 3.35. The van der Waals surface area contributed by atoms with Gasteiger partial charge in [0.2, 0.25) is 5.88 Å². The highest BCUT2D eigenvalue weighted by molar-refractivity contribution is 7.90. The maximum absolute atomic E-state index is 11.4. The van der Waals surface area contributed by atoms with Gasteiger partial charge in [0.1, 0.15) is 6.10 Å². The lowest BCUT2D eigenvalue weighted by Crippen LogP contribution is -2.37. The molecular weight excluding hydrogens is 328 g/mol. The van der Waals surface area contributed by atoms with E-state index in [1.807, 2.05) is 0 Å². The van der Waals surface area contributed by atoms with Gasteiger partial charge in [-0.1, -0.05) is 0 Å². The number of hydrogen-bond acceptors (Lipinski definition) is 6. The summed E-state index contributed by atoms with van der Waals surface area (Å²) in [6, 6.07) is 3.18. The van der Waals surface area contributed by atoms with Crippen LogP contribution in [0.2, 0.25) is 0 Å². The number of hydrogen-bond donors (Lipinski definition) is 1. The Bertz CT molecular complexity index is 618. The number of ether oxygens (including phenoxy) is 2. The van der Waals surface area contributed by atoms with Gasteiger partial charge in [0.05, 0.1) is 17.1 Å². The van der Waals surface area contributed by atoms with E-state index in [0.29, 0.717) is 18.1 Å². The molecule has 1 N–H and O–H groups in total. The van der Waals surface area contributed by atoms with E-state index >= 15 is 0 Å². The Morgan fingerprint density at radius 2 is 1.62 bits per heavy atom. The molecule has 0 atom stereocenters. The van der Waals surface area contributed by atoms with E-state index in [1.165, 1.54) is 12.5 Å². The molecule has 1 aromatic rings. The van der Waals surface area contributed by atoms with Gasteiger partial charge in [-0.05, 0) is 57.7 Å². The van der Waals surface area contributed by atoms with Crippen molar-refractivity contribution >= 4 is 9.84 Å². The zero-order valence-corrected chi connectivity index (χ0v) is 14.9. The molecule has 7 heteroatoms. The van der Waals surface area contributed by atoms with Crippen LogP contribution < -0.4 is 10.1 Å². The van der Waals surface area contributed by atoms with Crippen molar-refractivity contribution in [2.75, 3.05) is 19.3 Å². The van der Waals surface area contributed by atoms with Crippen LogP contribution >= 0.6 is 0 Å². The number of sulfone groups is 1. The number of nitrogens with one attached hydrogen (secondary N) is 1. The maximum Gasteiger partial charge on any atom is 0.213 e. The molecule has 2 fully saturated rings. The summed E-state index contributed by atoms with van der Waals surface area (Å²) >= 11 is 0. The SMILES string of the molecule is CS(=O)(=O)c1ccc(OC2CCC(OC3CCNCC3)CC2)nc1. The molecule has 0 amide bonds. The molecule has 24 heavy (non-hydrogen) atoms. The average molecular weight is 354 g/mol. The van der Waals surface area contributed by atoms with Crippen LogP contribution in [0.1, 0.15) is 38.5 Å². The lowest BCUT2D eigenvalue weighted by Gasteiger charge is -2.33. The molecule has 0 bridgehead atoms. The van der Waals surface area contributed by atoms with Crippen LogP contribution in [0.3, 0.4) is 0 Å². The Morgan fingerprint density at radius 1 is 1.00 bits per heavy atom. The van der Waals surface area contributed by atoms with Crippen molar-refractivity contribution in [1.82, 2.24) is 10.3 Å². The van der Waals surface area contributed by atoms with Crippen LogP contribution in [0, 0.1) is 0 Å². The standard InChI is InChI=1S/C17H26N2O4S/c1-24(20,21)16-6-7-17(19-12-16)23-14-4-2-13(3-5-14)22-15-8-10-18-11-9-15/h6-7,12-15,18H,2-5,8-11H2,1H3. The third kappa shape index (κ3) is 4.91. The fraction of sp³-hybridized carbons (Fsp3) is 0.706. The van der Waals surface area contributed by atoms with Gasteiger partial charge < -0.3 is 14.8 Å². The Balaban J connectivity index is 1.45. The largest absolute Gasteiger partial charge is 0.474 e. The quantitative estimate of drug-likeness (QED) is 0.871. The molecule has 6 nitrogen and oxygen atoms in total. The van der Waals surface area contributed by atoms with E-state index < -0.39 is 9.84 Å². The van der Waals surface area contributed by atoms with Crippen LogP contribution in [0.15, 0.2) is 23.2 Å². The molecule has 0 spiro atoms. The van der Waals surface area contributed by atoms with Crippen molar-refractivity contribution in [2.24, 2.45) is 0 Å². The molecule has 2 heterocycles. The second kappa shape index (κ2) is 7.80. The molecule has 1 aliphatic heterocycles. The van der Waals surface area contributed by atoms with Gasteiger partial charge in [0.25, 0.3) is 0 Å². The summed E-state index contributed by atoms with van der Waals surface area (Å²) in [5.41, 5.74) is 0. The second-order valence-electron chi connectivity index (χ2n) is 6.71. The molecule has 1 aromatic heterocycles. The summed E-state index contributed by atoms with van der Waals surface area (Å²) in [5.74, 6) is 0.491. The molecule has 3 rings (SSSR count). The Morgan fingerprint density at radius 3 is 2.21 bits per heavy atom. The summed E-state index contributed by atoms with van der Waals surface area (Å²) in [4.78, 5) is 4.33. The molecule has 1 saturated heterocycles. The van der Waals surface area contributed by atoms with Gasteiger partial charge in [-0.3, -0.25) is 0 Å². The zero-order chi connectivity index (χ0) is 17.0. The highest BCUT2D eigenvalue weighted by atomic mass is 32.2. The van der Waals surface area contributed by atoms with Crippen molar-refractivity contribution in [1.29, 1.82) is 0 Å². The highest BCUT2D eigenvalue weighted by Gasteiger charge is 2.26. The lowest BCUT2D eigenvalue weighted by atomic mass is 9.94. The monoisotopic (exact) mass is 354 g/mol. The lowest BCUT2D eigenvalue weighted by molar-refractivity contribution is -0.0551. The fourth-order valence-corrected chi connectivity index (χ4v) is 3.88. The van der Waals surface area contributed by atoms with Gasteiger partial charge >= 0.3 is 0 Å². The average Bonchev–Trinajstić information content (AvgIpc) is 2.57. The van der Waals surface area contributed by atoms with Gasteiger partial charge in [-0.2, -0.15) is 0 Å². The van der Waals surface area contributed by atoms with E-state index in [4.69, 9.17) is 9.47 Å². The molecular formula is C17H26N2O4S. The number of pyridine rings is 1. The minimum absolute atomic E-state index is 0.134. The van der Waals surface area contributed by atoms with Gasteiger partial charge in [0, 0.05) is 18.5 Å². The molecule has 0 unspecified atom stereocenters. The van der Waals surface area contributed by atoms with E-state index in [1.54, 1.807) is 12.1 Å². The van der Waals surface area contributed by atoms with Crippen molar-refractivity contribution in [3.05, 3.63) is 18.3 Å². The van der Waals surface area contributed by atoms with E-state index in [9.17, 15) is 8.42 Å². The fourth-order valence-electron chi connectivity index (χ4n) is 3.32. The maximum atomic E-state index is 11.4. The molecule has 1 saturated carbocycles. The molecule has 134 valence electrons. The molecule has 1 aliphatic carbocycles. The Kier molecular flexibility index (Phi) is 5.73. The number of nitrogens with zero attached hydrogens (tertiary/aromatic N) is 1. The van der Waals surface area contributed by atoms with Crippen molar-refractivity contribution in [3.63, 3.8) is 0 Å². The predicted octanol–water partition coefficient (Wildman–Crippen LogP) is 1.94. The highest BCUT2D eigenvalue weighted by Crippen LogP contribution is 2.27. The number of aromatic nitrogens is 1. The summed E-state index contributed by atoms with van der Waals surface area (Å²) < 4.78 is 35.0. The van der Waals surface area contributed by atoms with E-state index in [0.717, 1.165) is 51.6 Å². The van der Waals surface area contributed by atoms with Crippen molar-refractivity contribution < 1.29 is 17.9 Å². The molecule has 0 aromatic carbocycles. The van der Waals surface area contributed by atoms with E-state index in [2.05, 4.69) is 10.3 Å². The summed E-state index contributed by atoms with van der Waals surface area (Å²) in [7, 11) is -3.21. The van der Waals surface area contributed by atoms with Gasteiger partial charge in [-0.15, -0.1) is 0 Å². The second-order valence-corrected chi connectivity index (χ2v) is 8.72. The topological polar surface area (TPSA) is 77.5 Å². The zero-order valence-electron chi connectivity index (χ0n) is 14.1. The van der Waals surface area contributed by atoms with Crippen LogP contribution in [-0.2, 0) is 14.6 Å². The summed E-state index contributed by atoms with van der Waals surface area (Å²) in [6.07, 6.45) is 9.54. The first kappa shape index (κ1) is 17.6. The van der Waals surface area contributed by atoms with Crippen molar-refractivity contribution in [2.45, 2.75) is 61.7 Å². The number of rotatable bonds is 5. The number of piperidine rings is 1. The minimum atomic E-state index is -3.21. The van der Waals surface area contributed by atoms with Crippen LogP contribution in [0.25, 0.3) is 0 Å². The van der Waals surface area contributed by atoms with Gasteiger partial charge in [-0.25, -0.2) is 13.4 Å². The minimum Gasteiger partial charge on any atom is -0.474 e. The smallest absolute Gasteiger partial charge is 0.213 e. The first-order valence-corrected chi connectivity index (χ1v) is 10.6. The third-order valence-electron chi connectivity index (χ3n) is 4.72. The molecule has 2 aliphatic rings.